The predicted octanol–water partition coefficient (Wildman–Crippen LogP) is 13.5. The molecule has 0 radical (unpaired) electrons. The third-order valence-electron chi connectivity index (χ3n) is 11.3. The van der Waals surface area contributed by atoms with E-state index in [9.17, 15) is 0 Å². The summed E-state index contributed by atoms with van der Waals surface area (Å²) in [6.45, 7) is 4.00. The molecule has 12 rings (SSSR count). The molecule has 0 atom stereocenters. The molecule has 0 unspecified atom stereocenters. The molecular weight excluding hydrogens is 721 g/mol. The minimum Gasteiger partial charge on any atom is -0.309 e. The summed E-state index contributed by atoms with van der Waals surface area (Å²) in [6, 6.07) is 68.5. The Kier molecular flexibility index (Phi) is 8.15. The number of nitrogens with zero attached hydrogens (tertiary/aromatic N) is 6. The lowest BCUT2D eigenvalue weighted by atomic mass is 10.0. The molecule has 0 saturated carbocycles. The third kappa shape index (κ3) is 5.45. The van der Waals surface area contributed by atoms with Gasteiger partial charge in [0.25, 0.3) is 0 Å². The maximum atomic E-state index is 5.36. The van der Waals surface area contributed by atoms with Gasteiger partial charge in [0.2, 0.25) is 11.9 Å². The van der Waals surface area contributed by atoms with Crippen molar-refractivity contribution in [3.05, 3.63) is 194 Å². The van der Waals surface area contributed by atoms with E-state index in [-0.39, 0.29) is 0 Å². The van der Waals surface area contributed by atoms with Gasteiger partial charge in [-0.1, -0.05) is 159 Å². The molecule has 0 N–H and O–H groups in total. The van der Waals surface area contributed by atoms with Gasteiger partial charge in [-0.25, -0.2) is 0 Å². The number of fused-ring (bicyclic) bond motifs is 9. The molecule has 59 heavy (non-hydrogen) atoms. The van der Waals surface area contributed by atoms with Gasteiger partial charge in [0.05, 0.1) is 33.1 Å². The molecule has 0 bridgehead atoms. The van der Waals surface area contributed by atoms with E-state index in [2.05, 4.69) is 202 Å². The number of aromatic nitrogens is 6. The Morgan fingerprint density at radius 2 is 0.644 bits per heavy atom. The van der Waals surface area contributed by atoms with Crippen molar-refractivity contribution in [1.29, 1.82) is 0 Å². The Labute approximate surface area is 340 Å². The van der Waals surface area contributed by atoms with Crippen molar-refractivity contribution in [2.24, 2.45) is 0 Å². The summed E-state index contributed by atoms with van der Waals surface area (Å²) >= 11 is 0. The SMILES string of the molecule is CC.c1ccc(-c2ccc(-c3nc(-n4c5ccccc5c5ccccc54)nc(-n4c5ccccc5c5cc(-n6c7ccccc7c7ccccc76)ccc54)n3)cc2)cc1. The average Bonchev–Trinajstić information content (AvgIpc) is 3.95. The Hall–Kier alpha value is -7.83. The fourth-order valence-corrected chi connectivity index (χ4v) is 8.78. The van der Waals surface area contributed by atoms with Crippen LogP contribution in [0.3, 0.4) is 0 Å². The lowest BCUT2D eigenvalue weighted by Gasteiger charge is -2.13. The summed E-state index contributed by atoms with van der Waals surface area (Å²) in [4.78, 5) is 15.9. The summed E-state index contributed by atoms with van der Waals surface area (Å²) < 4.78 is 6.74. The van der Waals surface area contributed by atoms with Gasteiger partial charge >= 0.3 is 0 Å². The summed E-state index contributed by atoms with van der Waals surface area (Å²) in [7, 11) is 0. The van der Waals surface area contributed by atoms with Crippen molar-refractivity contribution < 1.29 is 0 Å². The molecule has 0 fully saturated rings. The minimum atomic E-state index is 0.555. The quantitative estimate of drug-likeness (QED) is 0.176. The number of hydrogen-bond donors (Lipinski definition) is 0. The van der Waals surface area contributed by atoms with Crippen molar-refractivity contribution in [2.45, 2.75) is 13.8 Å². The van der Waals surface area contributed by atoms with Crippen molar-refractivity contribution in [3.63, 3.8) is 0 Å². The topological polar surface area (TPSA) is 53.5 Å². The molecule has 280 valence electrons. The number of benzene rings is 8. The standard InChI is InChI=1S/C51H32N6.C2H6/c1-2-14-33(15-3-1)34-26-28-35(29-27-34)49-52-50(56-45-23-11-6-18-39(45)40-19-7-12-24-46(40)56)54-51(53-49)57-47-25-13-8-20-41(47)42-32-36(30-31-48(42)57)55-43-21-9-4-16-37(43)38-17-5-10-22-44(38)55;1-2/h1-32H;1-2H3. The van der Waals surface area contributed by atoms with E-state index in [0.29, 0.717) is 17.7 Å². The zero-order valence-corrected chi connectivity index (χ0v) is 32.7. The minimum absolute atomic E-state index is 0.555. The highest BCUT2D eigenvalue weighted by Gasteiger charge is 2.21. The van der Waals surface area contributed by atoms with E-state index in [1.165, 1.54) is 21.8 Å². The van der Waals surface area contributed by atoms with E-state index in [1.807, 2.05) is 19.9 Å². The van der Waals surface area contributed by atoms with E-state index in [1.54, 1.807) is 0 Å². The lowest BCUT2D eigenvalue weighted by molar-refractivity contribution is 0.893. The summed E-state index contributed by atoms with van der Waals surface area (Å²) in [5, 5.41) is 7.03. The molecule has 4 heterocycles. The first-order chi connectivity index (χ1) is 29.3. The molecule has 4 aromatic heterocycles. The van der Waals surface area contributed by atoms with Gasteiger partial charge in [-0.3, -0.25) is 9.13 Å². The van der Waals surface area contributed by atoms with Crippen LogP contribution in [0.25, 0.3) is 106 Å². The van der Waals surface area contributed by atoms with E-state index >= 15 is 0 Å². The van der Waals surface area contributed by atoms with E-state index < -0.39 is 0 Å². The maximum Gasteiger partial charge on any atom is 0.240 e. The summed E-state index contributed by atoms with van der Waals surface area (Å²) in [5.74, 6) is 1.72. The Bertz CT molecular complexity index is 3410. The smallest absolute Gasteiger partial charge is 0.240 e. The highest BCUT2D eigenvalue weighted by atomic mass is 15.3. The first-order valence-corrected chi connectivity index (χ1v) is 20.2. The molecule has 0 amide bonds. The van der Waals surface area contributed by atoms with Crippen molar-refractivity contribution >= 4 is 65.4 Å². The van der Waals surface area contributed by atoms with Gasteiger partial charge in [0.1, 0.15) is 0 Å². The van der Waals surface area contributed by atoms with E-state index in [4.69, 9.17) is 15.0 Å². The van der Waals surface area contributed by atoms with E-state index in [0.717, 1.165) is 66.0 Å². The van der Waals surface area contributed by atoms with Crippen LogP contribution in [0.1, 0.15) is 13.8 Å². The van der Waals surface area contributed by atoms with Gasteiger partial charge in [-0.2, -0.15) is 15.0 Å². The molecule has 0 aliphatic carbocycles. The Balaban J connectivity index is 0.00000196. The molecule has 6 nitrogen and oxygen atoms in total. The largest absolute Gasteiger partial charge is 0.309 e. The van der Waals surface area contributed by atoms with Crippen molar-refractivity contribution in [3.8, 4) is 40.1 Å². The number of hydrogen-bond acceptors (Lipinski definition) is 3. The molecule has 0 aliphatic rings. The van der Waals surface area contributed by atoms with Gasteiger partial charge in [-0.05, 0) is 59.7 Å². The maximum absolute atomic E-state index is 5.36. The molecule has 6 heteroatoms. The predicted molar refractivity (Wildman–Crippen MR) is 245 cm³/mol. The normalized spacial score (nSPS) is 11.6. The first kappa shape index (κ1) is 34.4. The second-order valence-corrected chi connectivity index (χ2v) is 14.5. The average molecular weight is 759 g/mol. The van der Waals surface area contributed by atoms with Crippen LogP contribution >= 0.6 is 0 Å². The van der Waals surface area contributed by atoms with Crippen LogP contribution < -0.4 is 0 Å². The van der Waals surface area contributed by atoms with Crippen molar-refractivity contribution in [2.75, 3.05) is 0 Å². The van der Waals surface area contributed by atoms with Crippen molar-refractivity contribution in [1.82, 2.24) is 28.7 Å². The third-order valence-corrected chi connectivity index (χ3v) is 11.3. The van der Waals surface area contributed by atoms with Crippen LogP contribution in [0.5, 0.6) is 0 Å². The fraction of sp³-hybridized carbons (Fsp3) is 0.0377. The molecule has 0 aliphatic heterocycles. The molecule has 8 aromatic carbocycles. The second-order valence-electron chi connectivity index (χ2n) is 14.5. The fourth-order valence-electron chi connectivity index (χ4n) is 8.78. The Morgan fingerprint density at radius 3 is 1.12 bits per heavy atom. The monoisotopic (exact) mass is 758 g/mol. The zero-order valence-electron chi connectivity index (χ0n) is 32.7. The zero-order chi connectivity index (χ0) is 39.5. The number of para-hydroxylation sites is 5. The lowest BCUT2D eigenvalue weighted by Crippen LogP contribution is -2.10. The van der Waals surface area contributed by atoms with Crippen LogP contribution in [0, 0.1) is 0 Å². The molecule has 0 spiro atoms. The molecule has 12 aromatic rings. The highest BCUT2D eigenvalue weighted by Crippen LogP contribution is 2.38. The highest BCUT2D eigenvalue weighted by molar-refractivity contribution is 6.12. The van der Waals surface area contributed by atoms with Gasteiger partial charge < -0.3 is 4.57 Å². The number of rotatable bonds is 5. The first-order valence-electron chi connectivity index (χ1n) is 20.2. The van der Waals surface area contributed by atoms with Crippen LogP contribution in [-0.2, 0) is 0 Å². The Morgan fingerprint density at radius 1 is 0.288 bits per heavy atom. The van der Waals surface area contributed by atoms with Crippen LogP contribution in [0.15, 0.2) is 194 Å². The van der Waals surface area contributed by atoms with Gasteiger partial charge in [0.15, 0.2) is 5.82 Å². The second kappa shape index (κ2) is 14.0. The van der Waals surface area contributed by atoms with Crippen LogP contribution in [0.4, 0.5) is 0 Å². The molecular formula is C53H38N6. The summed E-state index contributed by atoms with van der Waals surface area (Å²) in [6.07, 6.45) is 0. The van der Waals surface area contributed by atoms with Gasteiger partial charge in [0, 0.05) is 43.6 Å². The summed E-state index contributed by atoms with van der Waals surface area (Å²) in [5.41, 5.74) is 10.8. The molecule has 0 saturated heterocycles. The van der Waals surface area contributed by atoms with Crippen LogP contribution in [-0.4, -0.2) is 28.7 Å². The van der Waals surface area contributed by atoms with Crippen LogP contribution in [0.2, 0.25) is 0 Å². The van der Waals surface area contributed by atoms with Gasteiger partial charge in [-0.15, -0.1) is 0 Å².